The number of piperidine rings is 1. The van der Waals surface area contributed by atoms with E-state index in [9.17, 15) is 14.4 Å². The van der Waals surface area contributed by atoms with E-state index in [-0.39, 0.29) is 41.7 Å². The number of Topliss-reactive ketones (excluding diaryl/α,β-unsaturated/α-hetero) is 1. The number of likely N-dealkylation sites (tertiary alicyclic amines) is 1. The van der Waals surface area contributed by atoms with E-state index in [0.717, 1.165) is 5.56 Å². The Morgan fingerprint density at radius 2 is 1.63 bits per heavy atom. The molecule has 1 saturated heterocycles. The Balaban J connectivity index is 1.55. The van der Waals surface area contributed by atoms with Crippen molar-refractivity contribution in [2.75, 3.05) is 13.1 Å². The summed E-state index contributed by atoms with van der Waals surface area (Å²) in [5.74, 6) is -0.690. The molecule has 0 unspecified atom stereocenters. The first kappa shape index (κ1) is 28.1. The normalized spacial score (nSPS) is 14.1. The molecule has 0 radical (unpaired) electrons. The fourth-order valence-corrected chi connectivity index (χ4v) is 5.09. The molecule has 10 heteroatoms. The van der Waals surface area contributed by atoms with Gasteiger partial charge in [0.25, 0.3) is 5.91 Å². The zero-order chi connectivity index (χ0) is 27.6. The van der Waals surface area contributed by atoms with Crippen molar-refractivity contribution in [1.82, 2.24) is 20.0 Å². The fraction of sp³-hybridized carbons (Fsp3) is 0.357. The molecule has 0 aliphatic carbocycles. The second-order valence-corrected chi connectivity index (χ2v) is 11.0. The minimum atomic E-state index is -0.304. The Labute approximate surface area is 237 Å². The monoisotopic (exact) mass is 574 g/mol. The van der Waals surface area contributed by atoms with Gasteiger partial charge in [-0.25, -0.2) is 4.68 Å². The van der Waals surface area contributed by atoms with Crippen molar-refractivity contribution in [3.63, 3.8) is 0 Å². The van der Waals surface area contributed by atoms with Gasteiger partial charge in [0.05, 0.1) is 22.8 Å². The zero-order valence-electron chi connectivity index (χ0n) is 21.4. The molecule has 4 rings (SSSR count). The molecule has 2 aromatic carbocycles. The van der Waals surface area contributed by atoms with Crippen LogP contribution in [0.2, 0.25) is 15.1 Å². The van der Waals surface area contributed by atoms with E-state index in [1.54, 1.807) is 53.8 Å². The predicted molar refractivity (Wildman–Crippen MR) is 150 cm³/mol. The van der Waals surface area contributed by atoms with Gasteiger partial charge in [0.15, 0.2) is 5.69 Å². The van der Waals surface area contributed by atoms with Gasteiger partial charge in [0.2, 0.25) is 5.91 Å². The number of ketones is 1. The second-order valence-electron chi connectivity index (χ2n) is 9.76. The van der Waals surface area contributed by atoms with E-state index in [1.165, 1.54) is 0 Å². The number of hydrogen-bond acceptors (Lipinski definition) is 4. The largest absolute Gasteiger partial charge is 0.348 e. The Morgan fingerprint density at radius 3 is 2.24 bits per heavy atom. The maximum Gasteiger partial charge on any atom is 0.272 e. The van der Waals surface area contributed by atoms with Crippen molar-refractivity contribution in [1.29, 1.82) is 0 Å². The summed E-state index contributed by atoms with van der Waals surface area (Å²) in [7, 11) is 0. The Bertz CT molecular complexity index is 1360. The number of halogens is 3. The molecule has 0 atom stereocenters. The third-order valence-electron chi connectivity index (χ3n) is 6.75. The van der Waals surface area contributed by atoms with Crippen molar-refractivity contribution >= 4 is 52.4 Å². The first-order chi connectivity index (χ1) is 18.0. The van der Waals surface area contributed by atoms with Crippen LogP contribution in [0.4, 0.5) is 0 Å². The third kappa shape index (κ3) is 6.22. The second kappa shape index (κ2) is 11.9. The van der Waals surface area contributed by atoms with Gasteiger partial charge in [-0.1, -0.05) is 60.8 Å². The summed E-state index contributed by atoms with van der Waals surface area (Å²) in [6, 6.07) is 12.3. The molecular weight excluding hydrogens is 547 g/mol. The molecule has 3 aromatic rings. The lowest BCUT2D eigenvalue weighted by Gasteiger charge is -2.32. The van der Waals surface area contributed by atoms with E-state index in [2.05, 4.69) is 10.4 Å². The zero-order valence-corrected chi connectivity index (χ0v) is 23.7. The summed E-state index contributed by atoms with van der Waals surface area (Å²) in [6.07, 6.45) is 1.12. The molecule has 1 aliphatic heterocycles. The lowest BCUT2D eigenvalue weighted by Crippen LogP contribution is -2.47. The predicted octanol–water partition coefficient (Wildman–Crippen LogP) is 6.14. The number of carbonyl (C=O) groups is 3. The summed E-state index contributed by atoms with van der Waals surface area (Å²) < 4.78 is 1.65. The highest BCUT2D eigenvalue weighted by Crippen LogP contribution is 2.33. The highest BCUT2D eigenvalue weighted by atomic mass is 35.5. The minimum Gasteiger partial charge on any atom is -0.348 e. The molecule has 0 spiro atoms. The van der Waals surface area contributed by atoms with Gasteiger partial charge in [-0.05, 0) is 50.1 Å². The van der Waals surface area contributed by atoms with Crippen LogP contribution < -0.4 is 5.32 Å². The third-order valence-corrected chi connectivity index (χ3v) is 7.53. The highest BCUT2D eigenvalue weighted by Gasteiger charge is 2.28. The van der Waals surface area contributed by atoms with Crippen LogP contribution in [-0.2, 0) is 9.59 Å². The number of nitrogens with one attached hydrogen (secondary N) is 1. The number of benzene rings is 2. The topological polar surface area (TPSA) is 84.3 Å². The van der Waals surface area contributed by atoms with E-state index in [0.29, 0.717) is 57.9 Å². The van der Waals surface area contributed by atoms with Gasteiger partial charge >= 0.3 is 0 Å². The van der Waals surface area contributed by atoms with Gasteiger partial charge < -0.3 is 10.2 Å². The number of amides is 2. The number of rotatable bonds is 7. The van der Waals surface area contributed by atoms with Crippen LogP contribution in [0.25, 0.3) is 16.9 Å². The number of hydrogen-bond donors (Lipinski definition) is 1. The molecule has 1 fully saturated rings. The number of aromatic nitrogens is 2. The van der Waals surface area contributed by atoms with Gasteiger partial charge in [0, 0.05) is 46.2 Å². The molecule has 1 aliphatic rings. The lowest BCUT2D eigenvalue weighted by atomic mass is 10.0. The fourth-order valence-electron chi connectivity index (χ4n) is 4.48. The Hall–Kier alpha value is -2.87. The van der Waals surface area contributed by atoms with E-state index in [1.807, 2.05) is 19.1 Å². The average molecular weight is 576 g/mol. The van der Waals surface area contributed by atoms with Gasteiger partial charge in [-0.15, -0.1) is 0 Å². The SMILES string of the molecule is Cc1c(C(=O)NC2CCN(C(=O)CC(=O)C(C)C)CC2)nn(-c2ccc(Cl)cc2Cl)c1-c1ccc(Cl)cc1. The van der Waals surface area contributed by atoms with Crippen LogP contribution in [0.1, 0.15) is 49.2 Å². The smallest absolute Gasteiger partial charge is 0.272 e. The minimum absolute atomic E-state index is 0.0613. The highest BCUT2D eigenvalue weighted by molar-refractivity contribution is 6.35. The average Bonchev–Trinajstić information content (AvgIpc) is 3.21. The summed E-state index contributed by atoms with van der Waals surface area (Å²) in [5, 5.41) is 9.23. The molecule has 200 valence electrons. The molecule has 7 nitrogen and oxygen atoms in total. The summed E-state index contributed by atoms with van der Waals surface area (Å²) >= 11 is 18.7. The van der Waals surface area contributed by atoms with Crippen molar-refractivity contribution in [2.24, 2.45) is 5.92 Å². The quantitative estimate of drug-likeness (QED) is 0.343. The molecule has 0 bridgehead atoms. The van der Waals surface area contributed by atoms with Crippen molar-refractivity contribution in [3.8, 4) is 16.9 Å². The van der Waals surface area contributed by atoms with Gasteiger partial charge in [0.1, 0.15) is 5.78 Å². The standard InChI is InChI=1S/C28H29Cl3N4O3/c1-16(2)24(36)15-25(37)34-12-10-21(11-13-34)32-28(38)26-17(3)27(18-4-6-19(29)7-5-18)35(33-26)23-9-8-20(30)14-22(23)31/h4-9,14,16,21H,10-13,15H2,1-3H3,(H,32,38). The number of carbonyl (C=O) groups excluding carboxylic acids is 3. The molecule has 1 N–H and O–H groups in total. The molecule has 2 amide bonds. The van der Waals surface area contributed by atoms with Crippen LogP contribution in [-0.4, -0.2) is 51.4 Å². The Kier molecular flexibility index (Phi) is 8.81. The molecule has 0 saturated carbocycles. The van der Waals surface area contributed by atoms with E-state index >= 15 is 0 Å². The van der Waals surface area contributed by atoms with Crippen molar-refractivity contribution in [3.05, 3.63) is 68.8 Å². The number of nitrogens with zero attached hydrogens (tertiary/aromatic N) is 3. The van der Waals surface area contributed by atoms with Crippen LogP contribution in [0, 0.1) is 12.8 Å². The first-order valence-electron chi connectivity index (χ1n) is 12.5. The van der Waals surface area contributed by atoms with Gasteiger partial charge in [-0.2, -0.15) is 5.10 Å². The molecule has 1 aromatic heterocycles. The van der Waals surface area contributed by atoms with E-state index < -0.39 is 0 Å². The van der Waals surface area contributed by atoms with Crippen LogP contribution >= 0.6 is 34.8 Å². The maximum atomic E-state index is 13.4. The summed E-state index contributed by atoms with van der Waals surface area (Å²) in [5.41, 5.74) is 3.10. The van der Waals surface area contributed by atoms with Gasteiger partial charge in [-0.3, -0.25) is 14.4 Å². The lowest BCUT2D eigenvalue weighted by molar-refractivity contribution is -0.137. The molecule has 38 heavy (non-hydrogen) atoms. The Morgan fingerprint density at radius 1 is 1.00 bits per heavy atom. The van der Waals surface area contributed by atoms with Crippen molar-refractivity contribution < 1.29 is 14.4 Å². The van der Waals surface area contributed by atoms with Crippen LogP contribution in [0.15, 0.2) is 42.5 Å². The van der Waals surface area contributed by atoms with Crippen LogP contribution in [0.5, 0.6) is 0 Å². The molecule has 2 heterocycles. The molecular formula is C28H29Cl3N4O3. The van der Waals surface area contributed by atoms with Crippen molar-refractivity contribution in [2.45, 2.75) is 46.1 Å². The summed E-state index contributed by atoms with van der Waals surface area (Å²) in [6.45, 7) is 6.40. The summed E-state index contributed by atoms with van der Waals surface area (Å²) in [4.78, 5) is 39.5. The van der Waals surface area contributed by atoms with E-state index in [4.69, 9.17) is 34.8 Å². The first-order valence-corrected chi connectivity index (χ1v) is 13.6. The van der Waals surface area contributed by atoms with Crippen LogP contribution in [0.3, 0.4) is 0 Å². The maximum absolute atomic E-state index is 13.4.